The second kappa shape index (κ2) is 6.97. The molecule has 22 heavy (non-hydrogen) atoms. The van der Waals surface area contributed by atoms with Crippen molar-refractivity contribution in [3.8, 4) is 0 Å². The van der Waals surface area contributed by atoms with Gasteiger partial charge >= 0.3 is 0 Å². The van der Waals surface area contributed by atoms with Crippen LogP contribution in [0.2, 0.25) is 0 Å². The van der Waals surface area contributed by atoms with E-state index < -0.39 is 0 Å². The van der Waals surface area contributed by atoms with E-state index >= 15 is 0 Å². The van der Waals surface area contributed by atoms with Gasteiger partial charge in [0.15, 0.2) is 0 Å². The highest BCUT2D eigenvalue weighted by Crippen LogP contribution is 2.16. The molecule has 3 heterocycles. The molecule has 0 radical (unpaired) electrons. The van der Waals surface area contributed by atoms with Gasteiger partial charge in [0.25, 0.3) is 0 Å². The molecule has 2 aromatic rings. The molecule has 1 N–H and O–H groups in total. The molecule has 1 amide bonds. The predicted molar refractivity (Wildman–Crippen MR) is 80.0 cm³/mol. The van der Waals surface area contributed by atoms with Crippen molar-refractivity contribution in [3.63, 3.8) is 0 Å². The number of nitrogens with zero attached hydrogens (tertiary/aromatic N) is 6. The number of anilines is 1. The van der Waals surface area contributed by atoms with Crippen LogP contribution in [0.4, 0.5) is 5.82 Å². The molecular formula is C14H19N7O. The van der Waals surface area contributed by atoms with Crippen molar-refractivity contribution < 1.29 is 4.79 Å². The van der Waals surface area contributed by atoms with Crippen LogP contribution in [-0.4, -0.2) is 43.7 Å². The summed E-state index contributed by atoms with van der Waals surface area (Å²) in [5, 5.41) is 6.69. The Kier molecular flexibility index (Phi) is 4.57. The topological polar surface area (TPSA) is 88.8 Å². The molecule has 0 aromatic carbocycles. The van der Waals surface area contributed by atoms with Crippen LogP contribution in [-0.2, 0) is 17.9 Å². The average molecular weight is 301 g/mol. The zero-order valence-corrected chi connectivity index (χ0v) is 12.4. The Morgan fingerprint density at radius 2 is 2.14 bits per heavy atom. The number of amides is 1. The molecule has 0 unspecified atom stereocenters. The van der Waals surface area contributed by atoms with Crippen LogP contribution in [0, 0.1) is 0 Å². The van der Waals surface area contributed by atoms with Crippen LogP contribution < -0.4 is 10.2 Å². The lowest BCUT2D eigenvalue weighted by Crippen LogP contribution is -2.31. The highest BCUT2D eigenvalue weighted by atomic mass is 16.2. The number of hydrogen-bond acceptors (Lipinski definition) is 6. The van der Waals surface area contributed by atoms with Crippen LogP contribution in [0.5, 0.6) is 0 Å². The van der Waals surface area contributed by atoms with E-state index in [2.05, 4.69) is 30.3 Å². The van der Waals surface area contributed by atoms with Crippen LogP contribution in [0.15, 0.2) is 24.9 Å². The van der Waals surface area contributed by atoms with E-state index in [0.717, 1.165) is 18.9 Å². The van der Waals surface area contributed by atoms with Crippen LogP contribution in [0.1, 0.15) is 25.1 Å². The first-order valence-corrected chi connectivity index (χ1v) is 7.47. The van der Waals surface area contributed by atoms with Crippen molar-refractivity contribution in [2.45, 2.75) is 32.4 Å². The first-order valence-electron chi connectivity index (χ1n) is 7.47. The molecule has 0 atom stereocenters. The van der Waals surface area contributed by atoms with Crippen LogP contribution in [0.3, 0.4) is 0 Å². The SMILES string of the molecule is O=C(Cn1cncn1)NCc1nccc(N2CCCCC2)n1. The Balaban J connectivity index is 1.54. The van der Waals surface area contributed by atoms with Gasteiger partial charge in [-0.25, -0.2) is 19.6 Å². The number of carbonyl (C=O) groups excluding carboxylic acids is 1. The van der Waals surface area contributed by atoms with E-state index in [1.807, 2.05) is 6.07 Å². The molecule has 116 valence electrons. The monoisotopic (exact) mass is 301 g/mol. The Hall–Kier alpha value is -2.51. The minimum absolute atomic E-state index is 0.141. The molecule has 0 saturated carbocycles. The van der Waals surface area contributed by atoms with Gasteiger partial charge in [0.05, 0.1) is 6.54 Å². The summed E-state index contributed by atoms with van der Waals surface area (Å²) in [6, 6.07) is 1.92. The van der Waals surface area contributed by atoms with E-state index in [1.54, 1.807) is 6.20 Å². The molecule has 8 heteroatoms. The summed E-state index contributed by atoms with van der Waals surface area (Å²) in [5.41, 5.74) is 0. The number of aromatic nitrogens is 5. The molecule has 0 spiro atoms. The largest absolute Gasteiger partial charge is 0.357 e. The second-order valence-corrected chi connectivity index (χ2v) is 5.25. The Morgan fingerprint density at radius 3 is 2.91 bits per heavy atom. The molecular weight excluding hydrogens is 282 g/mol. The summed E-state index contributed by atoms with van der Waals surface area (Å²) in [5.74, 6) is 1.42. The van der Waals surface area contributed by atoms with E-state index in [-0.39, 0.29) is 12.5 Å². The van der Waals surface area contributed by atoms with Gasteiger partial charge < -0.3 is 10.2 Å². The summed E-state index contributed by atoms with van der Waals surface area (Å²) in [6.07, 6.45) is 8.34. The standard InChI is InChI=1S/C14H19N7O/c22-14(9-21-11-15-10-18-21)17-8-12-16-5-4-13(19-12)20-6-2-1-3-7-20/h4-5,10-11H,1-3,6-9H2,(H,17,22). The lowest BCUT2D eigenvalue weighted by Gasteiger charge is -2.27. The molecule has 0 bridgehead atoms. The molecule has 8 nitrogen and oxygen atoms in total. The minimum atomic E-state index is -0.141. The Labute approximate surface area is 128 Å². The number of hydrogen-bond donors (Lipinski definition) is 1. The maximum atomic E-state index is 11.8. The van der Waals surface area contributed by atoms with Gasteiger partial charge in [-0.1, -0.05) is 0 Å². The first-order chi connectivity index (χ1) is 10.8. The van der Waals surface area contributed by atoms with Crippen molar-refractivity contribution in [1.82, 2.24) is 30.0 Å². The van der Waals surface area contributed by atoms with Gasteiger partial charge in [0, 0.05) is 19.3 Å². The normalized spacial score (nSPS) is 14.8. The summed E-state index contributed by atoms with van der Waals surface area (Å²) in [6.45, 7) is 2.53. The Bertz CT molecular complexity index is 607. The van der Waals surface area contributed by atoms with Gasteiger partial charge in [-0.3, -0.25) is 4.79 Å². The van der Waals surface area contributed by atoms with E-state index in [0.29, 0.717) is 12.4 Å². The zero-order valence-electron chi connectivity index (χ0n) is 12.4. The summed E-state index contributed by atoms with van der Waals surface area (Å²) in [7, 11) is 0. The van der Waals surface area contributed by atoms with Crippen LogP contribution >= 0.6 is 0 Å². The fraction of sp³-hybridized carbons (Fsp3) is 0.500. The zero-order chi connectivity index (χ0) is 15.2. The minimum Gasteiger partial charge on any atom is -0.357 e. The summed E-state index contributed by atoms with van der Waals surface area (Å²) in [4.78, 5) is 26.6. The highest BCUT2D eigenvalue weighted by Gasteiger charge is 2.13. The van der Waals surface area contributed by atoms with Crippen molar-refractivity contribution in [3.05, 3.63) is 30.7 Å². The highest BCUT2D eigenvalue weighted by molar-refractivity contribution is 5.75. The van der Waals surface area contributed by atoms with Crippen molar-refractivity contribution in [2.75, 3.05) is 18.0 Å². The predicted octanol–water partition coefficient (Wildman–Crippen LogP) is 0.375. The fourth-order valence-corrected chi connectivity index (χ4v) is 2.47. The van der Waals surface area contributed by atoms with Gasteiger partial charge in [-0.2, -0.15) is 5.10 Å². The molecule has 1 saturated heterocycles. The quantitative estimate of drug-likeness (QED) is 0.858. The lowest BCUT2D eigenvalue weighted by molar-refractivity contribution is -0.122. The molecule has 2 aromatic heterocycles. The third-order valence-electron chi connectivity index (χ3n) is 3.59. The second-order valence-electron chi connectivity index (χ2n) is 5.25. The number of rotatable bonds is 5. The van der Waals surface area contributed by atoms with Gasteiger partial charge in [0.2, 0.25) is 5.91 Å². The van der Waals surface area contributed by atoms with E-state index in [1.165, 1.54) is 36.6 Å². The maximum absolute atomic E-state index is 11.8. The average Bonchev–Trinajstić information content (AvgIpc) is 3.07. The van der Waals surface area contributed by atoms with E-state index in [4.69, 9.17) is 0 Å². The molecule has 1 aliphatic heterocycles. The molecule has 1 fully saturated rings. The maximum Gasteiger partial charge on any atom is 0.242 e. The van der Waals surface area contributed by atoms with Crippen molar-refractivity contribution >= 4 is 11.7 Å². The first kappa shape index (κ1) is 14.4. The van der Waals surface area contributed by atoms with Gasteiger partial charge in [0.1, 0.15) is 30.8 Å². The summed E-state index contributed by atoms with van der Waals surface area (Å²) >= 11 is 0. The molecule has 0 aliphatic carbocycles. The van der Waals surface area contributed by atoms with E-state index in [9.17, 15) is 4.79 Å². The van der Waals surface area contributed by atoms with Gasteiger partial charge in [-0.15, -0.1) is 0 Å². The molecule has 3 rings (SSSR count). The fourth-order valence-electron chi connectivity index (χ4n) is 2.47. The number of piperidine rings is 1. The van der Waals surface area contributed by atoms with Crippen molar-refractivity contribution in [1.29, 1.82) is 0 Å². The molecule has 1 aliphatic rings. The summed E-state index contributed by atoms with van der Waals surface area (Å²) < 4.78 is 1.47. The Morgan fingerprint density at radius 1 is 1.27 bits per heavy atom. The smallest absolute Gasteiger partial charge is 0.242 e. The third kappa shape index (κ3) is 3.78. The van der Waals surface area contributed by atoms with Gasteiger partial charge in [-0.05, 0) is 25.3 Å². The number of carbonyl (C=O) groups is 1. The van der Waals surface area contributed by atoms with Crippen molar-refractivity contribution in [2.24, 2.45) is 0 Å². The van der Waals surface area contributed by atoms with Crippen LogP contribution in [0.25, 0.3) is 0 Å². The third-order valence-corrected chi connectivity index (χ3v) is 3.59. The lowest BCUT2D eigenvalue weighted by atomic mass is 10.1. The number of nitrogens with one attached hydrogen (secondary N) is 1.